The van der Waals surface area contributed by atoms with E-state index in [1.165, 1.54) is 270 Å². The number of carbonyl (C=O) groups is 3. The summed E-state index contributed by atoms with van der Waals surface area (Å²) in [7, 11) is 0. The largest absolute Gasteiger partial charge is 0.462 e. The van der Waals surface area contributed by atoms with E-state index in [1.807, 2.05) is 0 Å². The van der Waals surface area contributed by atoms with Gasteiger partial charge in [0.25, 0.3) is 0 Å². The molecule has 0 aliphatic carbocycles. The summed E-state index contributed by atoms with van der Waals surface area (Å²) in [4.78, 5) is 38.3. The van der Waals surface area contributed by atoms with Crippen molar-refractivity contribution < 1.29 is 28.6 Å². The van der Waals surface area contributed by atoms with Crippen LogP contribution in [0.3, 0.4) is 0 Å². The maximum absolute atomic E-state index is 12.9. The molecule has 422 valence electrons. The van der Waals surface area contributed by atoms with Gasteiger partial charge in [-0.25, -0.2) is 0 Å². The fourth-order valence-electron chi connectivity index (χ4n) is 10.1. The van der Waals surface area contributed by atoms with Gasteiger partial charge in [-0.15, -0.1) is 0 Å². The highest BCUT2D eigenvalue weighted by Crippen LogP contribution is 2.19. The van der Waals surface area contributed by atoms with Gasteiger partial charge in [-0.1, -0.05) is 336 Å². The van der Waals surface area contributed by atoms with Crippen LogP contribution in [0.4, 0.5) is 0 Å². The van der Waals surface area contributed by atoms with E-state index in [9.17, 15) is 14.4 Å². The number of carbonyl (C=O) groups excluding carboxylic acids is 3. The summed E-state index contributed by atoms with van der Waals surface area (Å²) in [6.07, 6.45) is 66.7. The molecule has 2 atom stereocenters. The number of hydrogen-bond acceptors (Lipinski definition) is 6. The van der Waals surface area contributed by atoms with Crippen molar-refractivity contribution in [1.29, 1.82) is 0 Å². The van der Waals surface area contributed by atoms with Crippen molar-refractivity contribution in [3.8, 4) is 0 Å². The summed E-state index contributed by atoms with van der Waals surface area (Å²) in [5.74, 6) is 0.0813. The zero-order valence-electron chi connectivity index (χ0n) is 48.7. The molecule has 0 N–H and O–H groups in total. The molecule has 0 saturated heterocycles. The van der Waals surface area contributed by atoms with Crippen molar-refractivity contribution >= 4 is 17.9 Å². The maximum Gasteiger partial charge on any atom is 0.306 e. The monoisotopic (exact) mass is 1000 g/mol. The summed E-state index contributed by atoms with van der Waals surface area (Å²) in [5, 5.41) is 0. The second-order valence-corrected chi connectivity index (χ2v) is 22.6. The first-order valence-corrected chi connectivity index (χ1v) is 32.4. The average Bonchev–Trinajstić information content (AvgIpc) is 3.37. The predicted molar refractivity (Wildman–Crippen MR) is 307 cm³/mol. The minimum atomic E-state index is -0.762. The molecular formula is C65H126O6. The number of esters is 3. The molecule has 0 radical (unpaired) electrons. The molecule has 0 aliphatic rings. The molecule has 0 saturated carbocycles. The summed E-state index contributed by atoms with van der Waals surface area (Å²) in [6.45, 7) is 9.13. The van der Waals surface area contributed by atoms with Crippen LogP contribution in [0.2, 0.25) is 0 Å². The van der Waals surface area contributed by atoms with Crippen LogP contribution in [0.15, 0.2) is 0 Å². The standard InChI is InChI=1S/C65H126O6/c1-5-8-10-12-14-16-18-20-21-22-23-27-30-33-37-41-45-49-53-57-64(67)70-60-62(59-69-63(66)56-52-48-44-40-36-19-17-15-13-11-9-6-2)71-65(68)58-54-50-46-42-38-34-31-28-25-24-26-29-32-35-39-43-47-51-55-61(4)7-3/h61-62H,5-60H2,1-4H3/t61?,62-/m1/s1. The molecule has 0 aliphatic heterocycles. The van der Waals surface area contributed by atoms with Crippen molar-refractivity contribution in [1.82, 2.24) is 0 Å². The Balaban J connectivity index is 4.23. The van der Waals surface area contributed by atoms with Gasteiger partial charge in [0, 0.05) is 19.3 Å². The number of rotatable bonds is 60. The molecule has 0 bridgehead atoms. The van der Waals surface area contributed by atoms with E-state index in [0.717, 1.165) is 63.7 Å². The van der Waals surface area contributed by atoms with E-state index in [-0.39, 0.29) is 31.1 Å². The number of ether oxygens (including phenoxy) is 3. The molecule has 71 heavy (non-hydrogen) atoms. The lowest BCUT2D eigenvalue weighted by molar-refractivity contribution is -0.167. The fourth-order valence-corrected chi connectivity index (χ4v) is 10.1. The molecular weight excluding hydrogens is 877 g/mol. The molecule has 0 heterocycles. The van der Waals surface area contributed by atoms with E-state index >= 15 is 0 Å². The van der Waals surface area contributed by atoms with Crippen molar-refractivity contribution in [3.63, 3.8) is 0 Å². The van der Waals surface area contributed by atoms with Gasteiger partial charge in [0.05, 0.1) is 0 Å². The molecule has 0 rings (SSSR count). The van der Waals surface area contributed by atoms with E-state index in [0.29, 0.717) is 19.3 Å². The Labute approximate surface area is 444 Å². The summed E-state index contributed by atoms with van der Waals surface area (Å²) >= 11 is 0. The van der Waals surface area contributed by atoms with E-state index in [4.69, 9.17) is 14.2 Å². The highest BCUT2D eigenvalue weighted by molar-refractivity contribution is 5.71. The molecule has 0 aromatic rings. The van der Waals surface area contributed by atoms with Crippen molar-refractivity contribution in [2.75, 3.05) is 13.2 Å². The Kier molecular flexibility index (Phi) is 58.0. The van der Waals surface area contributed by atoms with Crippen LogP contribution in [0, 0.1) is 5.92 Å². The first-order valence-electron chi connectivity index (χ1n) is 32.4. The number of hydrogen-bond donors (Lipinski definition) is 0. The van der Waals surface area contributed by atoms with Gasteiger partial charge < -0.3 is 14.2 Å². The summed E-state index contributed by atoms with van der Waals surface area (Å²) in [6, 6.07) is 0. The zero-order chi connectivity index (χ0) is 51.6. The average molecular weight is 1000 g/mol. The van der Waals surface area contributed by atoms with Gasteiger partial charge in [-0.05, 0) is 25.2 Å². The predicted octanol–water partition coefficient (Wildman–Crippen LogP) is 21.7. The van der Waals surface area contributed by atoms with Crippen LogP contribution in [0.1, 0.15) is 374 Å². The minimum absolute atomic E-state index is 0.0611. The molecule has 6 nitrogen and oxygen atoms in total. The third kappa shape index (κ3) is 57.5. The summed E-state index contributed by atoms with van der Waals surface area (Å²) in [5.41, 5.74) is 0. The van der Waals surface area contributed by atoms with Gasteiger partial charge in [-0.2, -0.15) is 0 Å². The van der Waals surface area contributed by atoms with Gasteiger partial charge in [-0.3, -0.25) is 14.4 Å². The van der Waals surface area contributed by atoms with Gasteiger partial charge in [0.15, 0.2) is 6.10 Å². The van der Waals surface area contributed by atoms with E-state index < -0.39 is 6.10 Å². The third-order valence-electron chi connectivity index (χ3n) is 15.4. The van der Waals surface area contributed by atoms with Gasteiger partial charge >= 0.3 is 17.9 Å². The van der Waals surface area contributed by atoms with E-state index in [2.05, 4.69) is 27.7 Å². The van der Waals surface area contributed by atoms with Gasteiger partial charge in [0.1, 0.15) is 13.2 Å². The van der Waals surface area contributed by atoms with Crippen LogP contribution < -0.4 is 0 Å². The van der Waals surface area contributed by atoms with Gasteiger partial charge in [0.2, 0.25) is 0 Å². The lowest BCUT2D eigenvalue weighted by Crippen LogP contribution is -2.30. The Hall–Kier alpha value is -1.59. The zero-order valence-corrected chi connectivity index (χ0v) is 48.7. The Morgan fingerprint density at radius 1 is 0.282 bits per heavy atom. The van der Waals surface area contributed by atoms with Crippen LogP contribution in [0.25, 0.3) is 0 Å². The SMILES string of the molecule is CCCCCCCCCCCCCCCCCCCCCC(=O)OC[C@@H](COC(=O)CCCCCCCCCCCCCC)OC(=O)CCCCCCCCCCCCCCCCCCCCC(C)CC. The van der Waals surface area contributed by atoms with Crippen LogP contribution in [-0.4, -0.2) is 37.2 Å². The summed E-state index contributed by atoms with van der Waals surface area (Å²) < 4.78 is 16.9. The maximum atomic E-state index is 12.9. The fraction of sp³-hybridized carbons (Fsp3) is 0.954. The molecule has 6 heteroatoms. The minimum Gasteiger partial charge on any atom is -0.462 e. The lowest BCUT2D eigenvalue weighted by atomic mass is 9.99. The van der Waals surface area contributed by atoms with Crippen molar-refractivity contribution in [3.05, 3.63) is 0 Å². The first-order chi connectivity index (χ1) is 34.9. The molecule has 0 amide bonds. The normalized spacial score (nSPS) is 12.3. The Bertz CT molecular complexity index is 1080. The smallest absolute Gasteiger partial charge is 0.306 e. The molecule has 1 unspecified atom stereocenters. The van der Waals surface area contributed by atoms with Crippen LogP contribution in [-0.2, 0) is 28.6 Å². The first kappa shape index (κ1) is 69.4. The van der Waals surface area contributed by atoms with Crippen molar-refractivity contribution in [2.45, 2.75) is 381 Å². The highest BCUT2D eigenvalue weighted by Gasteiger charge is 2.19. The molecule has 0 fully saturated rings. The second kappa shape index (κ2) is 59.3. The second-order valence-electron chi connectivity index (χ2n) is 22.6. The van der Waals surface area contributed by atoms with Crippen LogP contribution in [0.5, 0.6) is 0 Å². The number of unbranched alkanes of at least 4 members (excludes halogenated alkanes) is 46. The highest BCUT2D eigenvalue weighted by atomic mass is 16.6. The molecule has 0 aromatic heterocycles. The Morgan fingerprint density at radius 2 is 0.493 bits per heavy atom. The topological polar surface area (TPSA) is 78.9 Å². The van der Waals surface area contributed by atoms with Crippen molar-refractivity contribution in [2.24, 2.45) is 5.92 Å². The molecule has 0 spiro atoms. The third-order valence-corrected chi connectivity index (χ3v) is 15.4. The lowest BCUT2D eigenvalue weighted by Gasteiger charge is -2.18. The molecule has 0 aromatic carbocycles. The van der Waals surface area contributed by atoms with E-state index in [1.54, 1.807) is 0 Å². The Morgan fingerprint density at radius 3 is 0.732 bits per heavy atom. The quantitative estimate of drug-likeness (QED) is 0.0343. The van der Waals surface area contributed by atoms with Crippen LogP contribution >= 0.6 is 0 Å².